The van der Waals surface area contributed by atoms with Gasteiger partial charge in [-0.15, -0.1) is 0 Å². The van der Waals surface area contributed by atoms with Gasteiger partial charge in [0.2, 0.25) is 0 Å². The average Bonchev–Trinajstić information content (AvgIpc) is 2.78. The van der Waals surface area contributed by atoms with Crippen molar-refractivity contribution in [3.05, 3.63) is 46.3 Å². The van der Waals surface area contributed by atoms with Gasteiger partial charge in [-0.3, -0.25) is 4.79 Å². The molecule has 1 N–H and O–H groups in total. The summed E-state index contributed by atoms with van der Waals surface area (Å²) in [5, 5.41) is 6.71. The number of nitrogens with one attached hydrogen (secondary N) is 1. The van der Waals surface area contributed by atoms with Crippen LogP contribution >= 0.6 is 23.2 Å². The van der Waals surface area contributed by atoms with Gasteiger partial charge in [0.05, 0.1) is 27.5 Å². The van der Waals surface area contributed by atoms with E-state index in [1.807, 2.05) is 0 Å². The second kappa shape index (κ2) is 4.55. The zero-order valence-electron chi connectivity index (χ0n) is 7.91. The van der Waals surface area contributed by atoms with Crippen LogP contribution in [-0.4, -0.2) is 11.1 Å². The van der Waals surface area contributed by atoms with Crippen molar-refractivity contribution >= 4 is 34.8 Å². The summed E-state index contributed by atoms with van der Waals surface area (Å²) < 4.78 is 4.56. The molecule has 1 amide bonds. The van der Waals surface area contributed by atoms with E-state index >= 15 is 0 Å². The Balaban J connectivity index is 2.22. The monoisotopic (exact) mass is 256 g/mol. The molecule has 4 nitrogen and oxygen atoms in total. The van der Waals surface area contributed by atoms with Crippen molar-refractivity contribution in [3.8, 4) is 0 Å². The smallest absolute Gasteiger partial charge is 0.260 e. The number of hydrogen-bond acceptors (Lipinski definition) is 3. The Morgan fingerprint density at radius 3 is 2.88 bits per heavy atom. The summed E-state index contributed by atoms with van der Waals surface area (Å²) in [6, 6.07) is 4.98. The molecule has 0 saturated heterocycles. The predicted octanol–water partition coefficient (Wildman–Crippen LogP) is 3.23. The van der Waals surface area contributed by atoms with Crippen molar-refractivity contribution in [3.63, 3.8) is 0 Å². The van der Waals surface area contributed by atoms with Crippen molar-refractivity contribution in [1.29, 1.82) is 0 Å². The third-order valence-electron chi connectivity index (χ3n) is 1.89. The predicted molar refractivity (Wildman–Crippen MR) is 60.9 cm³/mol. The minimum atomic E-state index is -0.356. The quantitative estimate of drug-likeness (QED) is 0.898. The van der Waals surface area contributed by atoms with Crippen LogP contribution in [0.5, 0.6) is 0 Å². The highest BCUT2D eigenvalue weighted by molar-refractivity contribution is 6.44. The number of benzene rings is 1. The van der Waals surface area contributed by atoms with Gasteiger partial charge >= 0.3 is 0 Å². The molecule has 0 spiro atoms. The highest BCUT2D eigenvalue weighted by Crippen LogP contribution is 2.29. The summed E-state index contributed by atoms with van der Waals surface area (Å²) in [6.07, 6.45) is 2.56. The van der Waals surface area contributed by atoms with E-state index in [4.69, 9.17) is 23.2 Å². The maximum absolute atomic E-state index is 11.6. The number of carbonyl (C=O) groups excluding carboxylic acids is 1. The van der Waals surface area contributed by atoms with E-state index in [0.717, 1.165) is 0 Å². The molecule has 0 unspecified atom stereocenters. The first-order chi connectivity index (χ1) is 7.68. The molecule has 0 aliphatic heterocycles. The van der Waals surface area contributed by atoms with Gasteiger partial charge in [-0.2, -0.15) is 0 Å². The molecule has 1 aromatic heterocycles. The third-order valence-corrected chi connectivity index (χ3v) is 2.71. The van der Waals surface area contributed by atoms with Crippen LogP contribution < -0.4 is 5.32 Å². The van der Waals surface area contributed by atoms with E-state index in [-0.39, 0.29) is 5.91 Å². The van der Waals surface area contributed by atoms with Gasteiger partial charge in [0.1, 0.15) is 6.26 Å². The fourth-order valence-electron chi connectivity index (χ4n) is 1.11. The zero-order valence-corrected chi connectivity index (χ0v) is 9.42. The average molecular weight is 257 g/mol. The number of aromatic nitrogens is 1. The first kappa shape index (κ1) is 11.0. The van der Waals surface area contributed by atoms with Crippen molar-refractivity contribution in [2.75, 3.05) is 5.32 Å². The van der Waals surface area contributed by atoms with Crippen LogP contribution in [0, 0.1) is 0 Å². The first-order valence-corrected chi connectivity index (χ1v) is 5.09. The van der Waals surface area contributed by atoms with Crippen LogP contribution in [0.15, 0.2) is 35.2 Å². The number of hydrogen-bond donors (Lipinski definition) is 1. The largest absolute Gasteiger partial charge is 0.364 e. The SMILES string of the molecule is O=C(Nc1cccc(Cl)c1Cl)c1cnoc1. The molecule has 6 heteroatoms. The van der Waals surface area contributed by atoms with Gasteiger partial charge < -0.3 is 9.84 Å². The van der Waals surface area contributed by atoms with Crippen molar-refractivity contribution in [2.24, 2.45) is 0 Å². The number of anilines is 1. The number of halogens is 2. The van der Waals surface area contributed by atoms with Crippen molar-refractivity contribution < 1.29 is 9.32 Å². The van der Waals surface area contributed by atoms with E-state index in [0.29, 0.717) is 21.3 Å². The molecule has 82 valence electrons. The fraction of sp³-hybridized carbons (Fsp3) is 0. The van der Waals surface area contributed by atoms with Crippen LogP contribution in [0.3, 0.4) is 0 Å². The van der Waals surface area contributed by atoms with Crippen LogP contribution in [-0.2, 0) is 0 Å². The lowest BCUT2D eigenvalue weighted by Gasteiger charge is -2.06. The molecule has 0 aliphatic carbocycles. The molecular weight excluding hydrogens is 251 g/mol. The molecule has 0 saturated carbocycles. The maximum atomic E-state index is 11.6. The molecule has 0 bridgehead atoms. The Hall–Kier alpha value is -1.52. The lowest BCUT2D eigenvalue weighted by Crippen LogP contribution is -2.11. The molecule has 0 aliphatic rings. The highest BCUT2D eigenvalue weighted by Gasteiger charge is 2.11. The topological polar surface area (TPSA) is 55.1 Å². The molecular formula is C10H6Cl2N2O2. The first-order valence-electron chi connectivity index (χ1n) is 4.33. The number of amides is 1. The minimum Gasteiger partial charge on any atom is -0.364 e. The fourth-order valence-corrected chi connectivity index (χ4v) is 1.46. The molecule has 1 aromatic carbocycles. The molecule has 0 atom stereocenters. The van der Waals surface area contributed by atoms with Crippen molar-refractivity contribution in [2.45, 2.75) is 0 Å². The summed E-state index contributed by atoms with van der Waals surface area (Å²) in [5.41, 5.74) is 0.761. The van der Waals surface area contributed by atoms with Crippen LogP contribution in [0.2, 0.25) is 10.0 Å². The van der Waals surface area contributed by atoms with Crippen LogP contribution in [0.25, 0.3) is 0 Å². The Bertz CT molecular complexity index is 512. The van der Waals surface area contributed by atoms with E-state index in [1.165, 1.54) is 12.5 Å². The summed E-state index contributed by atoms with van der Waals surface area (Å²) >= 11 is 11.7. The molecule has 16 heavy (non-hydrogen) atoms. The highest BCUT2D eigenvalue weighted by atomic mass is 35.5. The van der Waals surface area contributed by atoms with Crippen LogP contribution in [0.4, 0.5) is 5.69 Å². The summed E-state index contributed by atoms with van der Waals surface area (Å²) in [5.74, 6) is -0.356. The van der Waals surface area contributed by atoms with Gasteiger partial charge in [-0.1, -0.05) is 34.4 Å². The van der Waals surface area contributed by atoms with Crippen molar-refractivity contribution in [1.82, 2.24) is 5.16 Å². The van der Waals surface area contributed by atoms with E-state index in [2.05, 4.69) is 15.0 Å². The Kier molecular flexibility index (Phi) is 3.12. The molecule has 0 radical (unpaired) electrons. The lowest BCUT2D eigenvalue weighted by atomic mass is 10.3. The zero-order chi connectivity index (χ0) is 11.5. The second-order valence-corrected chi connectivity index (χ2v) is 3.75. The molecule has 2 aromatic rings. The van der Waals surface area contributed by atoms with Gasteiger partial charge in [-0.25, -0.2) is 0 Å². The number of nitrogens with zero attached hydrogens (tertiary/aromatic N) is 1. The number of carbonyl (C=O) groups is 1. The Morgan fingerprint density at radius 1 is 1.38 bits per heavy atom. The third kappa shape index (κ3) is 2.18. The van der Waals surface area contributed by atoms with E-state index in [9.17, 15) is 4.79 Å². The summed E-state index contributed by atoms with van der Waals surface area (Å²) in [7, 11) is 0. The van der Waals surface area contributed by atoms with E-state index in [1.54, 1.807) is 18.2 Å². The normalized spacial score (nSPS) is 10.1. The second-order valence-electron chi connectivity index (χ2n) is 2.97. The van der Waals surface area contributed by atoms with Gasteiger partial charge in [0, 0.05) is 0 Å². The molecule has 1 heterocycles. The number of rotatable bonds is 2. The van der Waals surface area contributed by atoms with Gasteiger partial charge in [0.25, 0.3) is 5.91 Å². The molecule has 0 fully saturated rings. The Labute approximate surface area is 101 Å². The maximum Gasteiger partial charge on any atom is 0.260 e. The van der Waals surface area contributed by atoms with Crippen LogP contribution in [0.1, 0.15) is 10.4 Å². The molecule has 2 rings (SSSR count). The van der Waals surface area contributed by atoms with Gasteiger partial charge in [0.15, 0.2) is 0 Å². The standard InChI is InChI=1S/C10H6Cl2N2O2/c11-7-2-1-3-8(9(7)12)14-10(15)6-4-13-16-5-6/h1-5H,(H,14,15). The van der Waals surface area contributed by atoms with E-state index < -0.39 is 0 Å². The lowest BCUT2D eigenvalue weighted by molar-refractivity contribution is 0.102. The van der Waals surface area contributed by atoms with Gasteiger partial charge in [-0.05, 0) is 12.1 Å². The summed E-state index contributed by atoms with van der Waals surface area (Å²) in [4.78, 5) is 11.6. The minimum absolute atomic E-state index is 0.300. The Morgan fingerprint density at radius 2 is 2.19 bits per heavy atom. The summed E-state index contributed by atoms with van der Waals surface area (Å²) in [6.45, 7) is 0.